The third-order valence-corrected chi connectivity index (χ3v) is 2.29. The zero-order valence-electron chi connectivity index (χ0n) is 8.36. The molecule has 0 fully saturated rings. The minimum atomic E-state index is -0.562. The predicted octanol–water partition coefficient (Wildman–Crippen LogP) is 3.20. The van der Waals surface area contributed by atoms with Crippen LogP contribution in [0, 0.1) is 11.6 Å². The van der Waals surface area contributed by atoms with Crippen molar-refractivity contribution in [2.75, 3.05) is 6.54 Å². The topological polar surface area (TPSA) is 12.0 Å². The van der Waals surface area contributed by atoms with E-state index in [2.05, 4.69) is 5.32 Å². The third-order valence-electron chi connectivity index (χ3n) is 1.92. The first kappa shape index (κ1) is 12.1. The van der Waals surface area contributed by atoms with Crippen molar-refractivity contribution in [3.05, 3.63) is 46.5 Å². The monoisotopic (exact) mass is 231 g/mol. The Morgan fingerprint density at radius 3 is 2.80 bits per heavy atom. The zero-order chi connectivity index (χ0) is 11.3. The summed E-state index contributed by atoms with van der Waals surface area (Å²) in [6.07, 6.45) is 0. The molecule has 1 aromatic carbocycles. The zero-order valence-corrected chi connectivity index (χ0v) is 9.11. The van der Waals surface area contributed by atoms with Crippen molar-refractivity contribution >= 4 is 11.6 Å². The maximum Gasteiger partial charge on any atom is 0.130 e. The molecule has 4 heteroatoms. The van der Waals surface area contributed by atoms with Gasteiger partial charge in [-0.3, -0.25) is 0 Å². The predicted molar refractivity (Wildman–Crippen MR) is 57.7 cm³/mol. The molecule has 82 valence electrons. The van der Waals surface area contributed by atoms with Crippen LogP contribution in [-0.4, -0.2) is 6.54 Å². The molecule has 1 nitrogen and oxygen atoms in total. The fraction of sp³-hybridized carbons (Fsp3) is 0.273. The van der Waals surface area contributed by atoms with Gasteiger partial charge in [0.05, 0.1) is 0 Å². The summed E-state index contributed by atoms with van der Waals surface area (Å²) in [5.74, 6) is -1.09. The molecule has 0 saturated heterocycles. The van der Waals surface area contributed by atoms with Gasteiger partial charge in [-0.05, 0) is 18.6 Å². The van der Waals surface area contributed by atoms with E-state index in [1.165, 1.54) is 17.7 Å². The molecule has 0 saturated carbocycles. The third kappa shape index (κ3) is 3.98. The Labute approximate surface area is 92.8 Å². The summed E-state index contributed by atoms with van der Waals surface area (Å²) in [5, 5.41) is 3.00. The van der Waals surface area contributed by atoms with Gasteiger partial charge in [-0.2, -0.15) is 0 Å². The highest BCUT2D eigenvalue weighted by atomic mass is 35.5. The average molecular weight is 232 g/mol. The van der Waals surface area contributed by atoms with Crippen LogP contribution in [0.25, 0.3) is 0 Å². The lowest BCUT2D eigenvalue weighted by Crippen LogP contribution is -2.16. The first-order valence-electron chi connectivity index (χ1n) is 4.54. The lowest BCUT2D eigenvalue weighted by molar-refractivity contribution is 0.564. The average Bonchev–Trinajstić information content (AvgIpc) is 2.21. The molecule has 0 heterocycles. The van der Waals surface area contributed by atoms with E-state index in [4.69, 9.17) is 11.6 Å². The van der Waals surface area contributed by atoms with Gasteiger partial charge < -0.3 is 5.32 Å². The van der Waals surface area contributed by atoms with E-state index < -0.39 is 11.6 Å². The Bertz CT molecular complexity index is 364. The van der Waals surface area contributed by atoms with E-state index in [-0.39, 0.29) is 0 Å². The van der Waals surface area contributed by atoms with Crippen LogP contribution in [0.2, 0.25) is 0 Å². The molecule has 0 radical (unpaired) electrons. The SMILES string of the molecule is C/C(=C/Cl)CNCc1ccc(F)cc1F. The lowest BCUT2D eigenvalue weighted by Gasteiger charge is -2.05. The number of rotatable bonds is 4. The van der Waals surface area contributed by atoms with Gasteiger partial charge in [-0.25, -0.2) is 8.78 Å². The van der Waals surface area contributed by atoms with Crippen molar-refractivity contribution in [2.24, 2.45) is 0 Å². The Balaban J connectivity index is 2.51. The molecule has 1 aromatic rings. The van der Waals surface area contributed by atoms with Crippen molar-refractivity contribution in [3.63, 3.8) is 0 Å². The molecule has 0 spiro atoms. The molecule has 1 N–H and O–H groups in total. The standard InChI is InChI=1S/C11H12ClF2N/c1-8(5-12)6-15-7-9-2-3-10(13)4-11(9)14/h2-5,15H,6-7H2,1H3/b8-5-. The van der Waals surface area contributed by atoms with Gasteiger partial charge in [0.2, 0.25) is 0 Å². The van der Waals surface area contributed by atoms with Crippen molar-refractivity contribution in [2.45, 2.75) is 13.5 Å². The Hall–Kier alpha value is -0.930. The fourth-order valence-corrected chi connectivity index (χ4v) is 1.18. The van der Waals surface area contributed by atoms with Crippen LogP contribution in [0.4, 0.5) is 8.78 Å². The molecule has 0 unspecified atom stereocenters. The minimum Gasteiger partial charge on any atom is -0.309 e. The molecule has 0 aliphatic heterocycles. The van der Waals surface area contributed by atoms with Crippen LogP contribution in [0.5, 0.6) is 0 Å². The maximum atomic E-state index is 13.1. The van der Waals surface area contributed by atoms with Crippen molar-refractivity contribution in [3.8, 4) is 0 Å². The van der Waals surface area contributed by atoms with Gasteiger partial charge in [0, 0.05) is 30.3 Å². The maximum absolute atomic E-state index is 13.1. The van der Waals surface area contributed by atoms with Crippen LogP contribution in [0.15, 0.2) is 29.3 Å². The highest BCUT2D eigenvalue weighted by molar-refractivity contribution is 6.25. The second-order valence-electron chi connectivity index (χ2n) is 3.29. The Morgan fingerprint density at radius 1 is 1.47 bits per heavy atom. The van der Waals surface area contributed by atoms with Crippen molar-refractivity contribution in [1.29, 1.82) is 0 Å². The Kier molecular flexibility index (Phi) is 4.72. The summed E-state index contributed by atoms with van der Waals surface area (Å²) in [5.41, 5.74) is 2.87. The highest BCUT2D eigenvalue weighted by Crippen LogP contribution is 2.09. The molecule has 1 rings (SSSR count). The van der Waals surface area contributed by atoms with Crippen LogP contribution in [0.1, 0.15) is 12.5 Å². The summed E-state index contributed by atoms with van der Waals surface area (Å²) in [6.45, 7) is 2.80. The van der Waals surface area contributed by atoms with Gasteiger partial charge in [0.15, 0.2) is 0 Å². The summed E-state index contributed by atoms with van der Waals surface area (Å²) < 4.78 is 25.7. The molecule has 0 amide bonds. The largest absolute Gasteiger partial charge is 0.309 e. The first-order valence-corrected chi connectivity index (χ1v) is 4.97. The lowest BCUT2D eigenvalue weighted by atomic mass is 10.2. The van der Waals surface area contributed by atoms with Crippen LogP contribution >= 0.6 is 11.6 Å². The summed E-state index contributed by atoms with van der Waals surface area (Å²) in [4.78, 5) is 0. The van der Waals surface area contributed by atoms with Crippen LogP contribution in [0.3, 0.4) is 0 Å². The van der Waals surface area contributed by atoms with Gasteiger partial charge in [0.25, 0.3) is 0 Å². The van der Waals surface area contributed by atoms with Gasteiger partial charge in [-0.15, -0.1) is 0 Å². The number of benzene rings is 1. The second-order valence-corrected chi connectivity index (χ2v) is 3.51. The van der Waals surface area contributed by atoms with Crippen molar-refractivity contribution < 1.29 is 8.78 Å². The molecule has 0 aliphatic carbocycles. The first-order chi connectivity index (χ1) is 7.13. The number of halogens is 3. The molecule has 0 bridgehead atoms. The summed E-state index contributed by atoms with van der Waals surface area (Å²) in [7, 11) is 0. The van der Waals surface area contributed by atoms with E-state index in [9.17, 15) is 8.78 Å². The van der Waals surface area contributed by atoms with Gasteiger partial charge in [-0.1, -0.05) is 17.7 Å². The van der Waals surface area contributed by atoms with Gasteiger partial charge >= 0.3 is 0 Å². The van der Waals surface area contributed by atoms with E-state index in [1.807, 2.05) is 6.92 Å². The second kappa shape index (κ2) is 5.83. The minimum absolute atomic E-state index is 0.355. The van der Waals surface area contributed by atoms with E-state index in [1.54, 1.807) is 0 Å². The highest BCUT2D eigenvalue weighted by Gasteiger charge is 2.02. The Morgan fingerprint density at radius 2 is 2.20 bits per heavy atom. The summed E-state index contributed by atoms with van der Waals surface area (Å²) >= 11 is 5.46. The van der Waals surface area contributed by atoms with E-state index in [0.717, 1.165) is 11.6 Å². The molecule has 0 aromatic heterocycles. The summed E-state index contributed by atoms with van der Waals surface area (Å²) in [6, 6.07) is 3.54. The van der Waals surface area contributed by atoms with Gasteiger partial charge in [0.1, 0.15) is 11.6 Å². The molecule has 0 aliphatic rings. The number of hydrogen-bond acceptors (Lipinski definition) is 1. The van der Waals surface area contributed by atoms with E-state index in [0.29, 0.717) is 18.7 Å². The smallest absolute Gasteiger partial charge is 0.130 e. The molecule has 0 atom stereocenters. The molecule has 15 heavy (non-hydrogen) atoms. The van der Waals surface area contributed by atoms with E-state index >= 15 is 0 Å². The van der Waals surface area contributed by atoms with Crippen molar-refractivity contribution in [1.82, 2.24) is 5.32 Å². The molecular formula is C11H12ClF2N. The van der Waals surface area contributed by atoms with Crippen LogP contribution in [-0.2, 0) is 6.54 Å². The number of hydrogen-bond donors (Lipinski definition) is 1. The normalized spacial score (nSPS) is 11.9. The van der Waals surface area contributed by atoms with Crippen LogP contribution < -0.4 is 5.32 Å². The number of nitrogens with one attached hydrogen (secondary N) is 1. The fourth-order valence-electron chi connectivity index (χ4n) is 1.10. The quantitative estimate of drug-likeness (QED) is 0.839. The molecular weight excluding hydrogens is 220 g/mol.